The van der Waals surface area contributed by atoms with Gasteiger partial charge in [-0.1, -0.05) is 48.5 Å². The Kier molecular flexibility index (Phi) is 5.29. The Morgan fingerprint density at radius 3 is 2.34 bits per heavy atom. The molecule has 0 radical (unpaired) electrons. The maximum atomic E-state index is 12.9. The summed E-state index contributed by atoms with van der Waals surface area (Å²) in [4.78, 5) is 38.8. The van der Waals surface area contributed by atoms with Crippen LogP contribution in [0.5, 0.6) is 0 Å². The van der Waals surface area contributed by atoms with Gasteiger partial charge in [-0.15, -0.1) is 0 Å². The van der Waals surface area contributed by atoms with E-state index in [0.717, 1.165) is 11.1 Å². The third-order valence-electron chi connectivity index (χ3n) is 8.18. The normalized spacial score (nSPS) is 28.6. The molecule has 182 valence electrons. The number of hydrogen-bond acceptors (Lipinski definition) is 5. The van der Waals surface area contributed by atoms with Crippen molar-refractivity contribution in [2.24, 2.45) is 11.8 Å². The van der Waals surface area contributed by atoms with Crippen molar-refractivity contribution < 1.29 is 29.0 Å². The second-order valence-electron chi connectivity index (χ2n) is 10.1. The number of rotatable bonds is 5. The number of nitrogens with zero attached hydrogens (tertiary/aromatic N) is 1. The number of carbonyl (C=O) groups is 3. The van der Waals surface area contributed by atoms with Crippen LogP contribution in [0.15, 0.2) is 48.5 Å². The molecule has 4 aliphatic rings. The van der Waals surface area contributed by atoms with Crippen molar-refractivity contribution in [1.29, 1.82) is 0 Å². The SMILES string of the molecule is O=C(NC1CC(C(=O)N2CC3CCOC3(C(=O)O)C2)C1)OCC1c2ccccc2-c2ccccc21. The summed E-state index contributed by atoms with van der Waals surface area (Å²) >= 11 is 0. The van der Waals surface area contributed by atoms with Gasteiger partial charge in [-0.3, -0.25) is 4.79 Å². The van der Waals surface area contributed by atoms with E-state index in [-0.39, 0.29) is 42.9 Å². The molecule has 2 saturated heterocycles. The Labute approximate surface area is 203 Å². The average molecular weight is 477 g/mol. The monoisotopic (exact) mass is 476 g/mol. The predicted octanol–water partition coefficient (Wildman–Crippen LogP) is 3.01. The predicted molar refractivity (Wildman–Crippen MR) is 126 cm³/mol. The second-order valence-corrected chi connectivity index (χ2v) is 10.1. The summed E-state index contributed by atoms with van der Waals surface area (Å²) in [5.74, 6) is -1.40. The van der Waals surface area contributed by atoms with E-state index in [0.29, 0.717) is 32.4 Å². The summed E-state index contributed by atoms with van der Waals surface area (Å²) in [7, 11) is 0. The Hall–Kier alpha value is -3.39. The molecule has 1 saturated carbocycles. The zero-order valence-corrected chi connectivity index (χ0v) is 19.3. The van der Waals surface area contributed by atoms with E-state index < -0.39 is 17.7 Å². The number of likely N-dealkylation sites (tertiary alicyclic amines) is 1. The molecule has 3 fully saturated rings. The van der Waals surface area contributed by atoms with Crippen molar-refractivity contribution in [3.63, 3.8) is 0 Å². The lowest BCUT2D eigenvalue weighted by molar-refractivity contribution is -0.161. The van der Waals surface area contributed by atoms with Gasteiger partial charge in [-0.25, -0.2) is 9.59 Å². The maximum absolute atomic E-state index is 12.9. The molecule has 2 atom stereocenters. The van der Waals surface area contributed by atoms with Crippen molar-refractivity contribution in [2.45, 2.75) is 36.8 Å². The number of carboxylic acid groups (broad SMARTS) is 1. The van der Waals surface area contributed by atoms with Gasteiger partial charge < -0.3 is 24.8 Å². The highest BCUT2D eigenvalue weighted by Gasteiger charge is 2.58. The van der Waals surface area contributed by atoms with E-state index >= 15 is 0 Å². The number of nitrogens with one attached hydrogen (secondary N) is 1. The van der Waals surface area contributed by atoms with Crippen LogP contribution < -0.4 is 5.32 Å². The number of fused-ring (bicyclic) bond motifs is 4. The second kappa shape index (κ2) is 8.37. The van der Waals surface area contributed by atoms with Crippen LogP contribution in [0.25, 0.3) is 11.1 Å². The fraction of sp³-hybridized carbons (Fsp3) is 0.444. The largest absolute Gasteiger partial charge is 0.479 e. The van der Waals surface area contributed by atoms with E-state index in [9.17, 15) is 19.5 Å². The summed E-state index contributed by atoms with van der Waals surface area (Å²) in [5.41, 5.74) is 3.43. The van der Waals surface area contributed by atoms with Crippen LogP contribution in [-0.2, 0) is 19.1 Å². The molecule has 6 rings (SSSR count). The summed E-state index contributed by atoms with van der Waals surface area (Å²) in [6, 6.07) is 16.3. The number of hydrogen-bond donors (Lipinski definition) is 2. The molecule has 35 heavy (non-hydrogen) atoms. The summed E-state index contributed by atoms with van der Waals surface area (Å²) in [6.45, 7) is 1.20. The summed E-state index contributed by atoms with van der Waals surface area (Å²) in [6.07, 6.45) is 1.25. The quantitative estimate of drug-likeness (QED) is 0.688. The van der Waals surface area contributed by atoms with Crippen molar-refractivity contribution in [3.05, 3.63) is 59.7 Å². The van der Waals surface area contributed by atoms with E-state index in [4.69, 9.17) is 9.47 Å². The van der Waals surface area contributed by atoms with E-state index in [2.05, 4.69) is 29.6 Å². The van der Waals surface area contributed by atoms with E-state index in [1.165, 1.54) is 11.1 Å². The Balaban J connectivity index is 1.00. The minimum atomic E-state index is -1.25. The zero-order valence-electron chi connectivity index (χ0n) is 19.3. The molecule has 2 aliphatic carbocycles. The molecule has 2 amide bonds. The van der Waals surface area contributed by atoms with Crippen molar-refractivity contribution in [1.82, 2.24) is 10.2 Å². The van der Waals surface area contributed by atoms with E-state index in [1.54, 1.807) is 4.90 Å². The topological polar surface area (TPSA) is 105 Å². The van der Waals surface area contributed by atoms with E-state index in [1.807, 2.05) is 24.3 Å². The van der Waals surface area contributed by atoms with Crippen molar-refractivity contribution >= 4 is 18.0 Å². The molecule has 2 aromatic carbocycles. The van der Waals surface area contributed by atoms with Crippen LogP contribution in [0.3, 0.4) is 0 Å². The Morgan fingerprint density at radius 1 is 1.06 bits per heavy atom. The molecule has 2 aliphatic heterocycles. The highest BCUT2D eigenvalue weighted by molar-refractivity contribution is 5.85. The molecule has 0 bridgehead atoms. The van der Waals surface area contributed by atoms with Gasteiger partial charge in [0, 0.05) is 36.9 Å². The van der Waals surface area contributed by atoms with Crippen LogP contribution in [-0.4, -0.2) is 65.9 Å². The number of amides is 2. The summed E-state index contributed by atoms with van der Waals surface area (Å²) in [5, 5.41) is 12.5. The van der Waals surface area contributed by atoms with Gasteiger partial charge in [0.05, 0.1) is 6.54 Å². The number of benzene rings is 2. The Morgan fingerprint density at radius 2 is 1.71 bits per heavy atom. The lowest BCUT2D eigenvalue weighted by atomic mass is 9.79. The molecule has 2 heterocycles. The first-order valence-corrected chi connectivity index (χ1v) is 12.2. The highest BCUT2D eigenvalue weighted by atomic mass is 16.5. The third-order valence-corrected chi connectivity index (χ3v) is 8.18. The zero-order chi connectivity index (χ0) is 24.2. The van der Waals surface area contributed by atoms with Crippen molar-refractivity contribution in [3.8, 4) is 11.1 Å². The molecule has 2 N–H and O–H groups in total. The number of ether oxygens (including phenoxy) is 2. The molecule has 2 aromatic rings. The Bertz CT molecular complexity index is 1150. The van der Waals surface area contributed by atoms with Crippen LogP contribution in [0.4, 0.5) is 4.79 Å². The third kappa shape index (κ3) is 3.58. The maximum Gasteiger partial charge on any atom is 0.407 e. The molecule has 8 heteroatoms. The molecule has 0 spiro atoms. The lowest BCUT2D eigenvalue weighted by Crippen LogP contribution is -2.51. The van der Waals surface area contributed by atoms with Crippen LogP contribution in [0.2, 0.25) is 0 Å². The first-order chi connectivity index (χ1) is 17.0. The molecule has 8 nitrogen and oxygen atoms in total. The van der Waals surface area contributed by atoms with Crippen LogP contribution in [0, 0.1) is 11.8 Å². The smallest absolute Gasteiger partial charge is 0.407 e. The van der Waals surface area contributed by atoms with Gasteiger partial charge in [0.2, 0.25) is 5.91 Å². The van der Waals surface area contributed by atoms with Crippen LogP contribution >= 0.6 is 0 Å². The molecular weight excluding hydrogens is 448 g/mol. The fourth-order valence-corrected chi connectivity index (χ4v) is 6.24. The van der Waals surface area contributed by atoms with Gasteiger partial charge in [0.15, 0.2) is 5.60 Å². The van der Waals surface area contributed by atoms with Gasteiger partial charge in [0.1, 0.15) is 6.61 Å². The molecule has 2 unspecified atom stereocenters. The number of carbonyl (C=O) groups excluding carboxylic acids is 2. The standard InChI is InChI=1S/C27H28N2O6/c30-24(29-13-17-9-10-35-27(17,15-29)25(31)32)16-11-18(12-16)28-26(33)34-14-23-21-7-3-1-5-19(21)20-6-2-4-8-22(20)23/h1-8,16-18,23H,9-15H2,(H,28,33)(H,31,32). The lowest BCUT2D eigenvalue weighted by Gasteiger charge is -2.37. The minimum Gasteiger partial charge on any atom is -0.479 e. The fourth-order valence-electron chi connectivity index (χ4n) is 6.24. The van der Waals surface area contributed by atoms with Gasteiger partial charge >= 0.3 is 12.1 Å². The number of aliphatic carboxylic acids is 1. The first-order valence-electron chi connectivity index (χ1n) is 12.2. The number of alkyl carbamates (subject to hydrolysis) is 1. The average Bonchev–Trinajstić information content (AvgIpc) is 3.49. The van der Waals surface area contributed by atoms with Gasteiger partial charge in [0.25, 0.3) is 0 Å². The first kappa shape index (κ1) is 22.1. The molecular formula is C27H28N2O6. The van der Waals surface area contributed by atoms with Crippen molar-refractivity contribution in [2.75, 3.05) is 26.3 Å². The van der Waals surface area contributed by atoms with Gasteiger partial charge in [-0.2, -0.15) is 0 Å². The minimum absolute atomic E-state index is 0.00209. The number of carboxylic acids is 1. The van der Waals surface area contributed by atoms with Crippen LogP contribution in [0.1, 0.15) is 36.3 Å². The van der Waals surface area contributed by atoms with Gasteiger partial charge in [-0.05, 0) is 41.5 Å². The summed E-state index contributed by atoms with van der Waals surface area (Å²) < 4.78 is 11.2. The molecule has 0 aromatic heterocycles. The highest BCUT2D eigenvalue weighted by Crippen LogP contribution is 2.45.